The van der Waals surface area contributed by atoms with Gasteiger partial charge in [0.2, 0.25) is 0 Å². The molecule has 0 fully saturated rings. The fourth-order valence-electron chi connectivity index (χ4n) is 2.87. The molecule has 4 nitrogen and oxygen atoms in total. The molecule has 0 unspecified atom stereocenters. The van der Waals surface area contributed by atoms with Gasteiger partial charge in [0.1, 0.15) is 12.1 Å². The van der Waals surface area contributed by atoms with Crippen LogP contribution in [0.25, 0.3) is 11.1 Å². The number of carbonyl (C=O) groups excluding carboxylic acids is 1. The van der Waals surface area contributed by atoms with Gasteiger partial charge >= 0.3 is 0 Å². The Morgan fingerprint density at radius 2 is 1.62 bits per heavy atom. The molecule has 0 saturated heterocycles. The van der Waals surface area contributed by atoms with Crippen molar-refractivity contribution in [3.05, 3.63) is 83.7 Å². The third-order valence-electron chi connectivity index (χ3n) is 4.18. The molecule has 0 bridgehead atoms. The number of rotatable bonds is 2. The second kappa shape index (κ2) is 5.85. The number of hydrogen-bond donors (Lipinski definition) is 0. The van der Waals surface area contributed by atoms with Crippen LogP contribution in [0.5, 0.6) is 0 Å². The maximum atomic E-state index is 13.0. The van der Waals surface area contributed by atoms with Crippen LogP contribution in [-0.4, -0.2) is 20.8 Å². The van der Waals surface area contributed by atoms with E-state index < -0.39 is 0 Å². The molecular formula is C19H14FN3O. The molecule has 4 rings (SSSR count). The summed E-state index contributed by atoms with van der Waals surface area (Å²) in [6, 6.07) is 13.7. The molecule has 118 valence electrons. The van der Waals surface area contributed by atoms with E-state index in [9.17, 15) is 9.18 Å². The van der Waals surface area contributed by atoms with E-state index in [0.29, 0.717) is 18.7 Å². The van der Waals surface area contributed by atoms with Crippen molar-refractivity contribution < 1.29 is 9.18 Å². The second-order valence-corrected chi connectivity index (χ2v) is 5.74. The van der Waals surface area contributed by atoms with Gasteiger partial charge in [-0.15, -0.1) is 0 Å². The molecule has 3 aromatic rings. The highest BCUT2D eigenvalue weighted by molar-refractivity contribution is 5.95. The van der Waals surface area contributed by atoms with Crippen LogP contribution >= 0.6 is 0 Å². The third kappa shape index (κ3) is 2.65. The first-order chi connectivity index (χ1) is 11.7. The topological polar surface area (TPSA) is 46.1 Å². The van der Waals surface area contributed by atoms with Crippen LogP contribution in [0.4, 0.5) is 4.39 Å². The summed E-state index contributed by atoms with van der Waals surface area (Å²) in [5.41, 5.74) is 4.39. The van der Waals surface area contributed by atoms with Crippen LogP contribution in [0.2, 0.25) is 0 Å². The number of aromatic nitrogens is 2. The Morgan fingerprint density at radius 3 is 2.29 bits per heavy atom. The minimum absolute atomic E-state index is 0.0290. The van der Waals surface area contributed by atoms with Crippen LogP contribution < -0.4 is 0 Å². The van der Waals surface area contributed by atoms with Gasteiger partial charge in [-0.05, 0) is 35.4 Å². The number of halogens is 1. The van der Waals surface area contributed by atoms with Gasteiger partial charge in [0.05, 0.1) is 12.2 Å². The highest BCUT2D eigenvalue weighted by Crippen LogP contribution is 2.24. The molecule has 0 spiro atoms. The normalized spacial score (nSPS) is 13.0. The average molecular weight is 319 g/mol. The van der Waals surface area contributed by atoms with Crippen molar-refractivity contribution in [1.29, 1.82) is 0 Å². The number of hydrogen-bond acceptors (Lipinski definition) is 3. The quantitative estimate of drug-likeness (QED) is 0.727. The first kappa shape index (κ1) is 14.5. The molecule has 0 aliphatic carbocycles. The molecular weight excluding hydrogens is 305 g/mol. The van der Waals surface area contributed by atoms with Crippen molar-refractivity contribution in [2.45, 2.75) is 13.1 Å². The summed E-state index contributed by atoms with van der Waals surface area (Å²) >= 11 is 0. The van der Waals surface area contributed by atoms with E-state index in [2.05, 4.69) is 9.97 Å². The van der Waals surface area contributed by atoms with Gasteiger partial charge in [-0.25, -0.2) is 14.4 Å². The van der Waals surface area contributed by atoms with Crippen molar-refractivity contribution in [2.75, 3.05) is 0 Å². The number of nitrogens with zero attached hydrogens (tertiary/aromatic N) is 3. The largest absolute Gasteiger partial charge is 0.328 e. The maximum Gasteiger partial charge on any atom is 0.254 e. The average Bonchev–Trinajstić information content (AvgIpc) is 3.06. The Bertz CT molecular complexity index is 866. The van der Waals surface area contributed by atoms with E-state index in [1.807, 2.05) is 12.1 Å². The fourth-order valence-corrected chi connectivity index (χ4v) is 2.87. The van der Waals surface area contributed by atoms with E-state index in [1.54, 1.807) is 35.4 Å². The van der Waals surface area contributed by atoms with E-state index in [0.717, 1.165) is 22.4 Å². The minimum Gasteiger partial charge on any atom is -0.328 e. The molecule has 1 aliphatic heterocycles. The van der Waals surface area contributed by atoms with Gasteiger partial charge in [-0.2, -0.15) is 0 Å². The van der Waals surface area contributed by atoms with Gasteiger partial charge in [0.25, 0.3) is 5.91 Å². The lowest BCUT2D eigenvalue weighted by atomic mass is 10.0. The molecule has 0 N–H and O–H groups in total. The standard InChI is InChI=1S/C19H14FN3O/c20-17-7-5-14(6-8-17)13-1-3-15(4-2-13)19(24)23-10-16-9-21-12-22-18(16)11-23/h1-9,12H,10-11H2. The van der Waals surface area contributed by atoms with Crippen molar-refractivity contribution in [1.82, 2.24) is 14.9 Å². The Morgan fingerprint density at radius 1 is 0.958 bits per heavy atom. The van der Waals surface area contributed by atoms with Crippen molar-refractivity contribution in [2.24, 2.45) is 0 Å². The summed E-state index contributed by atoms with van der Waals surface area (Å²) in [4.78, 5) is 22.6. The van der Waals surface area contributed by atoms with E-state index in [4.69, 9.17) is 0 Å². The van der Waals surface area contributed by atoms with Crippen LogP contribution in [0.15, 0.2) is 61.1 Å². The van der Waals surface area contributed by atoms with E-state index >= 15 is 0 Å². The molecule has 0 saturated carbocycles. The molecule has 0 radical (unpaired) electrons. The number of carbonyl (C=O) groups is 1. The molecule has 24 heavy (non-hydrogen) atoms. The SMILES string of the molecule is O=C(c1ccc(-c2ccc(F)cc2)cc1)N1Cc2cncnc2C1. The van der Waals surface area contributed by atoms with E-state index in [-0.39, 0.29) is 11.7 Å². The zero-order valence-electron chi connectivity index (χ0n) is 12.8. The molecule has 1 aliphatic rings. The highest BCUT2D eigenvalue weighted by atomic mass is 19.1. The minimum atomic E-state index is -0.262. The zero-order valence-corrected chi connectivity index (χ0v) is 12.8. The molecule has 0 atom stereocenters. The molecule has 5 heteroatoms. The van der Waals surface area contributed by atoms with Crippen molar-refractivity contribution in [3.63, 3.8) is 0 Å². The molecule has 2 aromatic carbocycles. The van der Waals surface area contributed by atoms with Crippen LogP contribution in [0.1, 0.15) is 21.6 Å². The summed E-state index contributed by atoms with van der Waals surface area (Å²) < 4.78 is 13.0. The second-order valence-electron chi connectivity index (χ2n) is 5.74. The lowest BCUT2D eigenvalue weighted by Crippen LogP contribution is -2.25. The summed E-state index contributed by atoms with van der Waals surface area (Å²) in [7, 11) is 0. The summed E-state index contributed by atoms with van der Waals surface area (Å²) in [6.45, 7) is 1.05. The number of benzene rings is 2. The first-order valence-corrected chi connectivity index (χ1v) is 7.64. The Balaban J connectivity index is 1.53. The summed E-state index contributed by atoms with van der Waals surface area (Å²) in [5, 5.41) is 0. The first-order valence-electron chi connectivity index (χ1n) is 7.64. The third-order valence-corrected chi connectivity index (χ3v) is 4.18. The molecule has 1 aromatic heterocycles. The number of fused-ring (bicyclic) bond motifs is 1. The van der Waals surface area contributed by atoms with Gasteiger partial charge < -0.3 is 4.90 Å². The predicted octanol–water partition coefficient (Wildman–Crippen LogP) is 3.44. The Kier molecular flexibility index (Phi) is 3.54. The monoisotopic (exact) mass is 319 g/mol. The van der Waals surface area contributed by atoms with Crippen LogP contribution in [-0.2, 0) is 13.1 Å². The smallest absolute Gasteiger partial charge is 0.254 e. The Labute approximate surface area is 138 Å². The van der Waals surface area contributed by atoms with E-state index in [1.165, 1.54) is 18.5 Å². The van der Waals surface area contributed by atoms with Crippen molar-refractivity contribution >= 4 is 5.91 Å². The lowest BCUT2D eigenvalue weighted by molar-refractivity contribution is 0.0750. The van der Waals surface area contributed by atoms with Gasteiger partial charge in [0.15, 0.2) is 0 Å². The van der Waals surface area contributed by atoms with Gasteiger partial charge in [0, 0.05) is 23.9 Å². The molecule has 2 heterocycles. The fraction of sp³-hybridized carbons (Fsp3) is 0.105. The highest BCUT2D eigenvalue weighted by Gasteiger charge is 2.25. The van der Waals surface area contributed by atoms with Gasteiger partial charge in [-0.3, -0.25) is 4.79 Å². The van der Waals surface area contributed by atoms with Gasteiger partial charge in [-0.1, -0.05) is 24.3 Å². The summed E-state index contributed by atoms with van der Waals surface area (Å²) in [6.07, 6.45) is 3.26. The predicted molar refractivity (Wildman–Crippen MR) is 87.4 cm³/mol. The van der Waals surface area contributed by atoms with Crippen molar-refractivity contribution in [3.8, 4) is 11.1 Å². The maximum absolute atomic E-state index is 13.0. The molecule has 1 amide bonds. The summed E-state index contributed by atoms with van der Waals surface area (Å²) in [5.74, 6) is -0.291. The Hall–Kier alpha value is -3.08. The zero-order chi connectivity index (χ0) is 16.5. The van der Waals surface area contributed by atoms with Crippen LogP contribution in [0.3, 0.4) is 0 Å². The van der Waals surface area contributed by atoms with Crippen LogP contribution in [0, 0.1) is 5.82 Å². The number of amides is 1. The lowest BCUT2D eigenvalue weighted by Gasteiger charge is -2.15.